The Morgan fingerprint density at radius 1 is 0.696 bits per heavy atom. The number of hydrogen-bond acceptors (Lipinski definition) is 1. The molecule has 0 aliphatic rings. The van der Waals surface area contributed by atoms with Crippen LogP contribution >= 0.6 is 0 Å². The lowest BCUT2D eigenvalue weighted by Crippen LogP contribution is -1.78. The van der Waals surface area contributed by atoms with Crippen LogP contribution in [0.15, 0.2) is 72.8 Å². The van der Waals surface area contributed by atoms with Gasteiger partial charge in [-0.1, -0.05) is 54.5 Å². The minimum absolute atomic E-state index is 0.236. The Morgan fingerprint density at radius 3 is 1.26 bits per heavy atom. The molecule has 0 bridgehead atoms. The summed E-state index contributed by atoms with van der Waals surface area (Å²) in [7, 11) is 0. The molecule has 0 spiro atoms. The number of aldehydes is 1. The van der Waals surface area contributed by atoms with Crippen molar-refractivity contribution in [3.8, 4) is 12.3 Å². The number of fused-ring (bicyclic) bond motifs is 3. The van der Waals surface area contributed by atoms with Crippen LogP contribution in [0.5, 0.6) is 0 Å². The summed E-state index contributed by atoms with van der Waals surface area (Å²) in [6.45, 7) is 0. The second-order valence-electron chi connectivity index (χ2n) is 5.32. The molecule has 4 aromatic rings. The maximum Gasteiger partial charge on any atom is 0.131 e. The second kappa shape index (κ2) is 6.77. The Kier molecular flexibility index (Phi) is 4.36. The molecule has 0 radical (unpaired) electrons. The van der Waals surface area contributed by atoms with Crippen molar-refractivity contribution in [3.05, 3.63) is 72.8 Å². The van der Waals surface area contributed by atoms with E-state index in [1.807, 2.05) is 0 Å². The molecule has 0 aliphatic heterocycles. The predicted molar refractivity (Wildman–Crippen MR) is 98.5 cm³/mol. The van der Waals surface area contributed by atoms with Crippen LogP contribution in [0.3, 0.4) is 0 Å². The van der Waals surface area contributed by atoms with Gasteiger partial charge >= 0.3 is 0 Å². The summed E-state index contributed by atoms with van der Waals surface area (Å²) in [6.07, 6.45) is 5.59. The highest BCUT2D eigenvalue weighted by atomic mass is 16.1. The topological polar surface area (TPSA) is 17.1 Å². The van der Waals surface area contributed by atoms with E-state index in [1.54, 1.807) is 0 Å². The zero-order valence-corrected chi connectivity index (χ0v) is 12.7. The normalized spacial score (nSPS) is 10.0. The molecule has 0 N–H and O–H groups in total. The van der Waals surface area contributed by atoms with Gasteiger partial charge in [0.05, 0.1) is 6.42 Å². The number of rotatable bonds is 1. The van der Waals surface area contributed by atoms with Gasteiger partial charge in [0, 0.05) is 0 Å². The SMILES string of the molecule is C#CCC=O.c1ccc2cc3cc4ccccc4cc3cc2c1. The molecule has 0 saturated heterocycles. The highest BCUT2D eigenvalue weighted by Gasteiger charge is 2.00. The fraction of sp³-hybridized carbons (Fsp3) is 0.0455. The first-order valence-electron chi connectivity index (χ1n) is 7.50. The first kappa shape index (κ1) is 14.8. The van der Waals surface area contributed by atoms with E-state index < -0.39 is 0 Å². The fourth-order valence-corrected chi connectivity index (χ4v) is 2.68. The third kappa shape index (κ3) is 3.22. The smallest absolute Gasteiger partial charge is 0.131 e. The van der Waals surface area contributed by atoms with Gasteiger partial charge in [-0.05, 0) is 56.6 Å². The van der Waals surface area contributed by atoms with Gasteiger partial charge in [0.25, 0.3) is 0 Å². The second-order valence-corrected chi connectivity index (χ2v) is 5.32. The Hall–Kier alpha value is -3.11. The number of benzene rings is 4. The zero-order chi connectivity index (χ0) is 16.1. The van der Waals surface area contributed by atoms with Crippen LogP contribution in [0.25, 0.3) is 32.3 Å². The largest absolute Gasteiger partial charge is 0.302 e. The standard InChI is InChI=1S/C18H12.C4H4O/c1-2-6-14-10-18-12-16-8-4-3-7-15(16)11-17(18)9-13(14)5-1;1-2-3-4-5/h1-12H;1,4H,3H2. The van der Waals surface area contributed by atoms with Crippen molar-refractivity contribution in [1.29, 1.82) is 0 Å². The monoisotopic (exact) mass is 296 g/mol. The van der Waals surface area contributed by atoms with Gasteiger partial charge in [-0.2, -0.15) is 0 Å². The van der Waals surface area contributed by atoms with E-state index >= 15 is 0 Å². The molecule has 0 saturated carbocycles. The third-order valence-electron chi connectivity index (χ3n) is 3.77. The lowest BCUT2D eigenvalue weighted by Gasteiger charge is -2.04. The Labute approximate surface area is 135 Å². The van der Waals surface area contributed by atoms with Gasteiger partial charge in [0.2, 0.25) is 0 Å². The molecule has 23 heavy (non-hydrogen) atoms. The van der Waals surface area contributed by atoms with Gasteiger partial charge in [0.15, 0.2) is 0 Å². The van der Waals surface area contributed by atoms with Crippen molar-refractivity contribution in [1.82, 2.24) is 0 Å². The highest BCUT2D eigenvalue weighted by molar-refractivity contribution is 6.04. The predicted octanol–water partition coefficient (Wildman–Crippen LogP) is 5.35. The lowest BCUT2D eigenvalue weighted by atomic mass is 10.00. The van der Waals surface area contributed by atoms with Crippen molar-refractivity contribution in [2.24, 2.45) is 0 Å². The fourth-order valence-electron chi connectivity index (χ4n) is 2.68. The summed E-state index contributed by atoms with van der Waals surface area (Å²) in [5, 5.41) is 7.85. The van der Waals surface area contributed by atoms with Crippen LogP contribution in [0, 0.1) is 12.3 Å². The van der Waals surface area contributed by atoms with Crippen molar-refractivity contribution in [2.75, 3.05) is 0 Å². The van der Waals surface area contributed by atoms with E-state index in [4.69, 9.17) is 0 Å². The summed E-state index contributed by atoms with van der Waals surface area (Å²) < 4.78 is 0. The van der Waals surface area contributed by atoms with Crippen LogP contribution in [-0.2, 0) is 4.79 Å². The van der Waals surface area contributed by atoms with Crippen molar-refractivity contribution < 1.29 is 4.79 Å². The van der Waals surface area contributed by atoms with Crippen LogP contribution in [0.1, 0.15) is 6.42 Å². The summed E-state index contributed by atoms with van der Waals surface area (Å²) in [4.78, 5) is 9.26. The van der Waals surface area contributed by atoms with Gasteiger partial charge in [-0.3, -0.25) is 0 Å². The van der Waals surface area contributed by atoms with Crippen LogP contribution in [0.4, 0.5) is 0 Å². The molecular weight excluding hydrogens is 280 g/mol. The van der Waals surface area contributed by atoms with E-state index in [2.05, 4.69) is 85.1 Å². The molecule has 0 aliphatic carbocycles. The molecule has 1 heteroatoms. The van der Waals surface area contributed by atoms with Crippen LogP contribution in [0.2, 0.25) is 0 Å². The first-order valence-corrected chi connectivity index (χ1v) is 7.50. The minimum Gasteiger partial charge on any atom is -0.302 e. The molecule has 0 fully saturated rings. The van der Waals surface area contributed by atoms with Crippen molar-refractivity contribution in [3.63, 3.8) is 0 Å². The Morgan fingerprint density at radius 2 is 1.04 bits per heavy atom. The van der Waals surface area contributed by atoms with E-state index in [0.717, 1.165) is 0 Å². The summed E-state index contributed by atoms with van der Waals surface area (Å²) in [6, 6.07) is 26.2. The van der Waals surface area contributed by atoms with Gasteiger partial charge < -0.3 is 4.79 Å². The van der Waals surface area contributed by atoms with Crippen molar-refractivity contribution in [2.45, 2.75) is 6.42 Å². The molecule has 1 nitrogen and oxygen atoms in total. The molecular formula is C22H16O. The number of terminal acetylenes is 1. The lowest BCUT2D eigenvalue weighted by molar-refractivity contribution is -0.107. The molecule has 0 atom stereocenters. The molecule has 0 aromatic heterocycles. The van der Waals surface area contributed by atoms with E-state index in [1.165, 1.54) is 32.3 Å². The summed E-state index contributed by atoms with van der Waals surface area (Å²) >= 11 is 0. The highest BCUT2D eigenvalue weighted by Crippen LogP contribution is 2.27. The average molecular weight is 296 g/mol. The molecule has 0 unspecified atom stereocenters. The first-order chi connectivity index (χ1) is 11.3. The Balaban J connectivity index is 0.000000276. The third-order valence-corrected chi connectivity index (χ3v) is 3.77. The molecule has 0 amide bonds. The number of carbonyl (C=O) groups is 1. The maximum atomic E-state index is 9.26. The average Bonchev–Trinajstić information content (AvgIpc) is 2.59. The summed E-state index contributed by atoms with van der Waals surface area (Å²) in [5.41, 5.74) is 0. The number of hydrogen-bond donors (Lipinski definition) is 0. The molecule has 0 heterocycles. The molecule has 110 valence electrons. The van der Waals surface area contributed by atoms with Crippen LogP contribution in [-0.4, -0.2) is 6.29 Å². The van der Waals surface area contributed by atoms with E-state index in [9.17, 15) is 4.79 Å². The van der Waals surface area contributed by atoms with Gasteiger partial charge in [-0.15, -0.1) is 6.42 Å². The maximum absolute atomic E-state index is 9.26. The number of carbonyl (C=O) groups excluding carboxylic acids is 1. The van der Waals surface area contributed by atoms with E-state index in [0.29, 0.717) is 6.29 Å². The minimum atomic E-state index is 0.236. The Bertz CT molecular complexity index is 878. The van der Waals surface area contributed by atoms with Crippen LogP contribution < -0.4 is 0 Å². The summed E-state index contributed by atoms with van der Waals surface area (Å²) in [5.74, 6) is 2.15. The zero-order valence-electron chi connectivity index (χ0n) is 12.7. The molecule has 4 aromatic carbocycles. The van der Waals surface area contributed by atoms with Gasteiger partial charge in [-0.25, -0.2) is 0 Å². The van der Waals surface area contributed by atoms with Crippen molar-refractivity contribution >= 4 is 38.6 Å². The quantitative estimate of drug-likeness (QED) is 0.263. The van der Waals surface area contributed by atoms with E-state index in [-0.39, 0.29) is 6.42 Å². The molecule has 4 rings (SSSR count). The van der Waals surface area contributed by atoms with Gasteiger partial charge in [0.1, 0.15) is 6.29 Å².